The van der Waals surface area contributed by atoms with Crippen molar-refractivity contribution in [2.75, 3.05) is 20.2 Å². The molecule has 2 rings (SSSR count). The van der Waals surface area contributed by atoms with Crippen molar-refractivity contribution < 1.29 is 9.90 Å². The molecule has 3 nitrogen and oxygen atoms in total. The molecule has 2 aromatic rings. The molecule has 1 unspecified atom stereocenters. The SMILES string of the molecule is CN(CC(CCO)c1ccc(Cl)c(Cl)c1)C(=O)c1ccccc1. The van der Waals surface area contributed by atoms with E-state index in [1.54, 1.807) is 36.2 Å². The van der Waals surface area contributed by atoms with Gasteiger partial charge in [-0.3, -0.25) is 4.79 Å². The Morgan fingerprint density at radius 3 is 2.43 bits per heavy atom. The Kier molecular flexibility index (Phi) is 6.46. The highest BCUT2D eigenvalue weighted by Crippen LogP contribution is 2.28. The van der Waals surface area contributed by atoms with Crippen LogP contribution in [0.5, 0.6) is 0 Å². The highest BCUT2D eigenvalue weighted by Gasteiger charge is 2.19. The highest BCUT2D eigenvalue weighted by atomic mass is 35.5. The van der Waals surface area contributed by atoms with Crippen molar-refractivity contribution in [1.29, 1.82) is 0 Å². The molecule has 0 bridgehead atoms. The molecule has 0 radical (unpaired) electrons. The van der Waals surface area contributed by atoms with Crippen LogP contribution in [-0.4, -0.2) is 36.1 Å². The molecule has 0 aliphatic carbocycles. The van der Waals surface area contributed by atoms with Gasteiger partial charge < -0.3 is 10.0 Å². The van der Waals surface area contributed by atoms with Crippen molar-refractivity contribution in [1.82, 2.24) is 4.90 Å². The zero-order chi connectivity index (χ0) is 16.8. The Morgan fingerprint density at radius 2 is 1.83 bits per heavy atom. The molecule has 0 aromatic heterocycles. The average Bonchev–Trinajstić information content (AvgIpc) is 2.57. The standard InChI is InChI=1S/C18H19Cl2NO2/c1-21(18(23)13-5-3-2-4-6-13)12-15(9-10-22)14-7-8-16(19)17(20)11-14/h2-8,11,15,22H,9-10,12H2,1H3. The number of hydrogen-bond acceptors (Lipinski definition) is 2. The molecule has 0 aliphatic heterocycles. The first-order valence-electron chi connectivity index (χ1n) is 7.39. The summed E-state index contributed by atoms with van der Waals surface area (Å²) >= 11 is 12.0. The van der Waals surface area contributed by atoms with Gasteiger partial charge in [0.1, 0.15) is 0 Å². The third-order valence-corrected chi connectivity index (χ3v) is 4.49. The highest BCUT2D eigenvalue weighted by molar-refractivity contribution is 6.42. The number of nitrogens with zero attached hydrogens (tertiary/aromatic N) is 1. The largest absolute Gasteiger partial charge is 0.396 e. The fourth-order valence-corrected chi connectivity index (χ4v) is 2.81. The van der Waals surface area contributed by atoms with Crippen molar-refractivity contribution in [2.24, 2.45) is 0 Å². The molecule has 0 heterocycles. The molecule has 0 fully saturated rings. The first-order chi connectivity index (χ1) is 11.0. The van der Waals surface area contributed by atoms with Crippen molar-refractivity contribution in [3.63, 3.8) is 0 Å². The van der Waals surface area contributed by atoms with E-state index in [2.05, 4.69) is 0 Å². The van der Waals surface area contributed by atoms with Crippen LogP contribution in [0.1, 0.15) is 28.3 Å². The monoisotopic (exact) mass is 351 g/mol. The van der Waals surface area contributed by atoms with Crippen molar-refractivity contribution >= 4 is 29.1 Å². The van der Waals surface area contributed by atoms with E-state index in [0.29, 0.717) is 28.6 Å². The number of aliphatic hydroxyl groups excluding tert-OH is 1. The fraction of sp³-hybridized carbons (Fsp3) is 0.278. The summed E-state index contributed by atoms with van der Waals surface area (Å²) in [5, 5.41) is 10.3. The Morgan fingerprint density at radius 1 is 1.13 bits per heavy atom. The van der Waals surface area contributed by atoms with Gasteiger partial charge in [-0.1, -0.05) is 47.5 Å². The van der Waals surface area contributed by atoms with Gasteiger partial charge in [0.2, 0.25) is 0 Å². The Hall–Kier alpha value is -1.55. The number of amides is 1. The number of halogens is 2. The molecular weight excluding hydrogens is 333 g/mol. The van der Waals surface area contributed by atoms with Gasteiger partial charge in [0, 0.05) is 31.7 Å². The minimum atomic E-state index is -0.0476. The van der Waals surface area contributed by atoms with Crippen LogP contribution >= 0.6 is 23.2 Å². The number of aliphatic hydroxyl groups is 1. The van der Waals surface area contributed by atoms with Crippen LogP contribution in [0.3, 0.4) is 0 Å². The van der Waals surface area contributed by atoms with Crippen molar-refractivity contribution in [3.8, 4) is 0 Å². The minimum Gasteiger partial charge on any atom is -0.396 e. The second-order valence-electron chi connectivity index (χ2n) is 5.43. The van der Waals surface area contributed by atoms with Gasteiger partial charge in [-0.05, 0) is 36.2 Å². The van der Waals surface area contributed by atoms with E-state index in [1.807, 2.05) is 24.3 Å². The van der Waals surface area contributed by atoms with E-state index >= 15 is 0 Å². The number of benzene rings is 2. The third-order valence-electron chi connectivity index (χ3n) is 3.75. The lowest BCUT2D eigenvalue weighted by Gasteiger charge is -2.24. The van der Waals surface area contributed by atoms with Crippen LogP contribution in [0, 0.1) is 0 Å². The van der Waals surface area contributed by atoms with Gasteiger partial charge >= 0.3 is 0 Å². The Bertz CT molecular complexity index is 661. The Labute approximate surface area is 146 Å². The molecule has 1 atom stereocenters. The van der Waals surface area contributed by atoms with E-state index in [4.69, 9.17) is 23.2 Å². The number of carbonyl (C=O) groups excluding carboxylic acids is 1. The molecule has 0 saturated carbocycles. The summed E-state index contributed by atoms with van der Waals surface area (Å²) in [5.74, 6) is -0.0546. The predicted octanol–water partition coefficient (Wildman–Crippen LogP) is 4.23. The normalized spacial score (nSPS) is 12.0. The summed E-state index contributed by atoms with van der Waals surface area (Å²) < 4.78 is 0. The lowest BCUT2D eigenvalue weighted by Crippen LogP contribution is -2.31. The van der Waals surface area contributed by atoms with E-state index in [-0.39, 0.29) is 18.4 Å². The first-order valence-corrected chi connectivity index (χ1v) is 8.15. The van der Waals surface area contributed by atoms with Crippen molar-refractivity contribution in [3.05, 3.63) is 69.7 Å². The lowest BCUT2D eigenvalue weighted by molar-refractivity contribution is 0.0781. The molecule has 0 spiro atoms. The zero-order valence-corrected chi connectivity index (χ0v) is 14.4. The molecule has 0 aliphatic rings. The van der Waals surface area contributed by atoms with E-state index in [1.165, 1.54) is 0 Å². The second-order valence-corrected chi connectivity index (χ2v) is 6.25. The fourth-order valence-electron chi connectivity index (χ4n) is 2.50. The van der Waals surface area contributed by atoms with Crippen LogP contribution in [-0.2, 0) is 0 Å². The molecule has 0 saturated heterocycles. The molecule has 1 N–H and O–H groups in total. The average molecular weight is 352 g/mol. The summed E-state index contributed by atoms with van der Waals surface area (Å²) in [6, 6.07) is 14.6. The maximum absolute atomic E-state index is 12.5. The smallest absolute Gasteiger partial charge is 0.253 e. The third kappa shape index (κ3) is 4.71. The minimum absolute atomic E-state index is 0.00701. The van der Waals surface area contributed by atoms with Crippen LogP contribution in [0.15, 0.2) is 48.5 Å². The maximum atomic E-state index is 12.5. The maximum Gasteiger partial charge on any atom is 0.253 e. The molecule has 2 aromatic carbocycles. The molecule has 1 amide bonds. The molecule has 5 heteroatoms. The summed E-state index contributed by atoms with van der Waals surface area (Å²) in [6.07, 6.45) is 0.546. The van der Waals surface area contributed by atoms with E-state index in [9.17, 15) is 9.90 Å². The Balaban J connectivity index is 2.15. The van der Waals surface area contributed by atoms with E-state index in [0.717, 1.165) is 5.56 Å². The summed E-state index contributed by atoms with van der Waals surface area (Å²) in [7, 11) is 1.76. The second kappa shape index (κ2) is 8.34. The van der Waals surface area contributed by atoms with E-state index < -0.39 is 0 Å². The van der Waals surface area contributed by atoms with Crippen LogP contribution in [0.2, 0.25) is 10.0 Å². The van der Waals surface area contributed by atoms with Crippen LogP contribution < -0.4 is 0 Å². The lowest BCUT2D eigenvalue weighted by atomic mass is 9.95. The predicted molar refractivity (Wildman–Crippen MR) is 94.3 cm³/mol. The topological polar surface area (TPSA) is 40.5 Å². The summed E-state index contributed by atoms with van der Waals surface area (Å²) in [6.45, 7) is 0.532. The van der Waals surface area contributed by atoms with Crippen LogP contribution in [0.25, 0.3) is 0 Å². The number of likely N-dealkylation sites (N-methyl/N-ethyl adjacent to an activating group) is 1. The first kappa shape index (κ1) is 17.8. The van der Waals surface area contributed by atoms with Gasteiger partial charge in [0.05, 0.1) is 10.0 Å². The summed E-state index contributed by atoms with van der Waals surface area (Å²) in [5.41, 5.74) is 1.60. The summed E-state index contributed by atoms with van der Waals surface area (Å²) in [4.78, 5) is 14.1. The molecule has 122 valence electrons. The van der Waals surface area contributed by atoms with Gasteiger partial charge in [0.15, 0.2) is 0 Å². The van der Waals surface area contributed by atoms with Gasteiger partial charge in [-0.15, -0.1) is 0 Å². The number of carbonyl (C=O) groups is 1. The number of rotatable bonds is 6. The number of hydrogen-bond donors (Lipinski definition) is 1. The quantitative estimate of drug-likeness (QED) is 0.845. The van der Waals surface area contributed by atoms with Gasteiger partial charge in [-0.2, -0.15) is 0 Å². The molecule has 23 heavy (non-hydrogen) atoms. The van der Waals surface area contributed by atoms with Crippen molar-refractivity contribution in [2.45, 2.75) is 12.3 Å². The van der Waals surface area contributed by atoms with Gasteiger partial charge in [-0.25, -0.2) is 0 Å². The zero-order valence-electron chi connectivity index (χ0n) is 12.9. The van der Waals surface area contributed by atoms with Gasteiger partial charge in [0.25, 0.3) is 5.91 Å². The molecular formula is C18H19Cl2NO2. The van der Waals surface area contributed by atoms with Crippen LogP contribution in [0.4, 0.5) is 0 Å².